The van der Waals surface area contributed by atoms with Crippen molar-refractivity contribution in [3.05, 3.63) is 20.8 Å². The lowest BCUT2D eigenvalue weighted by Gasteiger charge is -2.34. The molecular weight excluding hydrogens is 414 g/mol. The fourth-order valence-electron chi connectivity index (χ4n) is 3.56. The van der Waals surface area contributed by atoms with Crippen LogP contribution in [0.2, 0.25) is 0 Å². The van der Waals surface area contributed by atoms with Crippen LogP contribution >= 0.6 is 0 Å². The molecule has 0 aliphatic carbocycles. The summed E-state index contributed by atoms with van der Waals surface area (Å²) >= 11 is 0. The molecule has 30 heavy (non-hydrogen) atoms. The number of nitrogen functional groups attached to an aromatic ring is 1. The van der Waals surface area contributed by atoms with Gasteiger partial charge in [-0.3, -0.25) is 19.1 Å². The van der Waals surface area contributed by atoms with E-state index in [1.165, 1.54) is 20.9 Å². The number of rotatable bonds is 8. The van der Waals surface area contributed by atoms with Gasteiger partial charge in [-0.1, -0.05) is 13.8 Å². The Bertz CT molecular complexity index is 984. The highest BCUT2D eigenvalue weighted by Gasteiger charge is 2.35. The summed E-state index contributed by atoms with van der Waals surface area (Å²) in [6.07, 6.45) is 2.12. The Kier molecular flexibility index (Phi) is 7.83. The third-order valence-electron chi connectivity index (χ3n) is 5.02. The van der Waals surface area contributed by atoms with Crippen LogP contribution in [0.4, 0.5) is 11.5 Å². The van der Waals surface area contributed by atoms with E-state index in [9.17, 15) is 22.8 Å². The molecular formula is C18H31N5O6S. The number of aromatic nitrogens is 2. The van der Waals surface area contributed by atoms with E-state index in [2.05, 4.69) is 4.98 Å². The van der Waals surface area contributed by atoms with Crippen molar-refractivity contribution in [1.82, 2.24) is 13.9 Å². The van der Waals surface area contributed by atoms with Crippen molar-refractivity contribution in [2.45, 2.75) is 33.2 Å². The molecule has 1 aromatic rings. The van der Waals surface area contributed by atoms with Crippen molar-refractivity contribution in [3.8, 4) is 0 Å². The quantitative estimate of drug-likeness (QED) is 0.544. The molecule has 1 atom stereocenters. The van der Waals surface area contributed by atoms with E-state index in [1.54, 1.807) is 0 Å². The number of nitrogens with one attached hydrogen (secondary N) is 1. The maximum Gasteiger partial charge on any atom is 0.330 e. The van der Waals surface area contributed by atoms with Gasteiger partial charge in [0.2, 0.25) is 15.9 Å². The second-order valence-electron chi connectivity index (χ2n) is 7.94. The summed E-state index contributed by atoms with van der Waals surface area (Å²) < 4.78 is 31.4. The smallest absolute Gasteiger partial charge is 0.330 e. The summed E-state index contributed by atoms with van der Waals surface area (Å²) in [5.41, 5.74) is 4.65. The van der Waals surface area contributed by atoms with Crippen molar-refractivity contribution in [2.24, 2.45) is 11.8 Å². The van der Waals surface area contributed by atoms with E-state index in [-0.39, 0.29) is 43.7 Å². The first kappa shape index (κ1) is 24.1. The van der Waals surface area contributed by atoms with Gasteiger partial charge in [-0.25, -0.2) is 17.5 Å². The number of ether oxygens (including phenoxy) is 1. The molecule has 1 aromatic heterocycles. The highest BCUT2D eigenvalue weighted by molar-refractivity contribution is 7.88. The minimum Gasteiger partial charge on any atom is -0.383 e. The van der Waals surface area contributed by atoms with Gasteiger partial charge in [0, 0.05) is 33.3 Å². The van der Waals surface area contributed by atoms with Gasteiger partial charge in [0.1, 0.15) is 5.82 Å². The number of H-pyrrole nitrogens is 1. The zero-order valence-corrected chi connectivity index (χ0v) is 18.7. The number of methoxy groups -OCH3 is 1. The van der Waals surface area contributed by atoms with Crippen LogP contribution in [0.5, 0.6) is 0 Å². The molecule has 3 N–H and O–H groups in total. The van der Waals surface area contributed by atoms with Crippen molar-refractivity contribution in [1.29, 1.82) is 0 Å². The first-order chi connectivity index (χ1) is 14.0. The molecule has 2 rings (SSSR count). The lowest BCUT2D eigenvalue weighted by atomic mass is 9.98. The molecule has 1 unspecified atom stereocenters. The van der Waals surface area contributed by atoms with E-state index < -0.39 is 33.1 Å². The molecule has 1 saturated heterocycles. The third kappa shape index (κ3) is 5.49. The number of anilines is 2. The summed E-state index contributed by atoms with van der Waals surface area (Å²) in [7, 11) is -1.98. The SMILES string of the molecule is COCCN(C(=O)C1CCCN(S(C)(=O)=O)C1)c1c(N)n(CC(C)C)c(=O)[nH]c1=O. The number of aromatic amines is 1. The molecule has 11 nitrogen and oxygen atoms in total. The van der Waals surface area contributed by atoms with Crippen molar-refractivity contribution in [2.75, 3.05) is 50.2 Å². The van der Waals surface area contributed by atoms with Gasteiger partial charge < -0.3 is 15.4 Å². The molecule has 0 bridgehead atoms. The second-order valence-corrected chi connectivity index (χ2v) is 9.92. The van der Waals surface area contributed by atoms with E-state index >= 15 is 0 Å². The maximum absolute atomic E-state index is 13.4. The number of piperidine rings is 1. The highest BCUT2D eigenvalue weighted by Crippen LogP contribution is 2.25. The van der Waals surface area contributed by atoms with Gasteiger partial charge in [-0.05, 0) is 18.8 Å². The average Bonchev–Trinajstić information content (AvgIpc) is 2.66. The second kappa shape index (κ2) is 9.75. The van der Waals surface area contributed by atoms with E-state index in [0.717, 1.165) is 6.26 Å². The number of amides is 1. The van der Waals surface area contributed by atoms with Gasteiger partial charge in [0.05, 0.1) is 18.8 Å². The topological polar surface area (TPSA) is 148 Å². The number of hydrogen-bond donors (Lipinski definition) is 2. The standard InChI is InChI=1S/C18H31N5O6S/c1-12(2)10-23-15(19)14(16(24)20-18(23)26)22(8-9-29-3)17(25)13-6-5-7-21(11-13)30(4,27)28/h12-13H,5-11,19H2,1-4H3,(H,20,24,26). The fourth-order valence-corrected chi connectivity index (χ4v) is 4.48. The predicted molar refractivity (Wildman–Crippen MR) is 114 cm³/mol. The normalized spacial score (nSPS) is 18.0. The molecule has 0 radical (unpaired) electrons. The van der Waals surface area contributed by atoms with Gasteiger partial charge in [-0.2, -0.15) is 0 Å². The zero-order chi connectivity index (χ0) is 22.6. The third-order valence-corrected chi connectivity index (χ3v) is 6.29. The van der Waals surface area contributed by atoms with Crippen LogP contribution in [0.3, 0.4) is 0 Å². The lowest BCUT2D eigenvalue weighted by Crippen LogP contribution is -2.49. The largest absolute Gasteiger partial charge is 0.383 e. The van der Waals surface area contributed by atoms with Crippen molar-refractivity contribution < 1.29 is 17.9 Å². The number of nitrogens with zero attached hydrogens (tertiary/aromatic N) is 3. The van der Waals surface area contributed by atoms with Crippen LogP contribution in [-0.2, 0) is 26.1 Å². The van der Waals surface area contributed by atoms with Crippen molar-refractivity contribution in [3.63, 3.8) is 0 Å². The zero-order valence-electron chi connectivity index (χ0n) is 17.9. The Labute approximate surface area is 175 Å². The molecule has 1 aliphatic rings. The molecule has 1 aliphatic heterocycles. The fraction of sp³-hybridized carbons (Fsp3) is 0.722. The summed E-state index contributed by atoms with van der Waals surface area (Å²) in [5.74, 6) is -1.08. The Hall–Kier alpha value is -2.18. The van der Waals surface area contributed by atoms with Crippen LogP contribution < -0.4 is 21.9 Å². The minimum atomic E-state index is -3.44. The van der Waals surface area contributed by atoms with Crippen LogP contribution in [0, 0.1) is 11.8 Å². The van der Waals surface area contributed by atoms with Gasteiger partial charge >= 0.3 is 5.69 Å². The summed E-state index contributed by atoms with van der Waals surface area (Å²) in [4.78, 5) is 41.7. The van der Waals surface area contributed by atoms with Crippen LogP contribution in [0.15, 0.2) is 9.59 Å². The van der Waals surface area contributed by atoms with Crippen molar-refractivity contribution >= 4 is 27.4 Å². The maximum atomic E-state index is 13.4. The average molecular weight is 446 g/mol. The number of carbonyl (C=O) groups is 1. The number of sulfonamides is 1. The Morgan fingerprint density at radius 2 is 2.03 bits per heavy atom. The minimum absolute atomic E-state index is 0.0323. The monoisotopic (exact) mass is 445 g/mol. The molecule has 0 saturated carbocycles. The van der Waals surface area contributed by atoms with E-state index in [1.807, 2.05) is 13.8 Å². The van der Waals surface area contributed by atoms with Gasteiger partial charge in [0.25, 0.3) is 5.56 Å². The molecule has 1 amide bonds. The number of hydrogen-bond acceptors (Lipinski definition) is 7. The summed E-state index contributed by atoms with van der Waals surface area (Å²) in [6, 6.07) is 0. The molecule has 1 fully saturated rings. The molecule has 2 heterocycles. The van der Waals surface area contributed by atoms with Crippen LogP contribution in [-0.4, -0.2) is 67.8 Å². The summed E-state index contributed by atoms with van der Waals surface area (Å²) in [6.45, 7) is 4.62. The Morgan fingerprint density at radius 1 is 1.37 bits per heavy atom. The molecule has 0 aromatic carbocycles. The number of nitrogens with two attached hydrogens (primary N) is 1. The Balaban J connectivity index is 2.49. The first-order valence-electron chi connectivity index (χ1n) is 9.85. The van der Waals surface area contributed by atoms with Crippen LogP contribution in [0.25, 0.3) is 0 Å². The van der Waals surface area contributed by atoms with Crippen LogP contribution in [0.1, 0.15) is 26.7 Å². The predicted octanol–water partition coefficient (Wildman–Crippen LogP) is -0.574. The van der Waals surface area contributed by atoms with E-state index in [0.29, 0.717) is 19.4 Å². The lowest BCUT2D eigenvalue weighted by molar-refractivity contribution is -0.123. The first-order valence-corrected chi connectivity index (χ1v) is 11.7. The number of carbonyl (C=O) groups excluding carboxylic acids is 1. The van der Waals surface area contributed by atoms with Gasteiger partial charge in [-0.15, -0.1) is 0 Å². The molecule has 12 heteroatoms. The van der Waals surface area contributed by atoms with Gasteiger partial charge in [0.15, 0.2) is 5.69 Å². The Morgan fingerprint density at radius 3 is 2.60 bits per heavy atom. The molecule has 170 valence electrons. The summed E-state index contributed by atoms with van der Waals surface area (Å²) in [5, 5.41) is 0. The molecule has 0 spiro atoms. The highest BCUT2D eigenvalue weighted by atomic mass is 32.2. The van der Waals surface area contributed by atoms with E-state index in [4.69, 9.17) is 10.5 Å².